The number of carbonyl (C=O) groups is 1. The van der Waals surface area contributed by atoms with Crippen LogP contribution in [0.5, 0.6) is 0 Å². The van der Waals surface area contributed by atoms with E-state index in [2.05, 4.69) is 20.4 Å². The van der Waals surface area contributed by atoms with Crippen LogP contribution < -0.4 is 5.32 Å². The van der Waals surface area contributed by atoms with Crippen molar-refractivity contribution in [1.29, 1.82) is 0 Å². The van der Waals surface area contributed by atoms with E-state index in [0.717, 1.165) is 5.56 Å². The molecule has 1 atom stereocenters. The van der Waals surface area contributed by atoms with Gasteiger partial charge >= 0.3 is 5.97 Å². The van der Waals surface area contributed by atoms with Crippen molar-refractivity contribution in [1.82, 2.24) is 19.7 Å². The number of nitrogens with one attached hydrogen (secondary N) is 1. The molecule has 2 aromatic heterocycles. The molecule has 7 nitrogen and oxygen atoms in total. The molecular formula is C19H17N5O2. The van der Waals surface area contributed by atoms with E-state index in [4.69, 9.17) is 4.74 Å². The minimum atomic E-state index is -0.488. The second-order valence-corrected chi connectivity index (χ2v) is 5.91. The number of benzene rings is 1. The highest BCUT2D eigenvalue weighted by Crippen LogP contribution is 2.34. The van der Waals surface area contributed by atoms with E-state index in [1.807, 2.05) is 55.5 Å². The van der Waals surface area contributed by atoms with Gasteiger partial charge < -0.3 is 10.1 Å². The third-order valence-corrected chi connectivity index (χ3v) is 4.19. The van der Waals surface area contributed by atoms with Gasteiger partial charge in [-0.25, -0.2) is 9.48 Å². The molecule has 0 spiro atoms. The Morgan fingerprint density at radius 3 is 2.73 bits per heavy atom. The van der Waals surface area contributed by atoms with E-state index in [9.17, 15) is 4.79 Å². The SMILES string of the molecule is CC1=C(C(=O)OCc2ccccc2)[C@@H](c2ccccn2)n2ncnc2N1. The summed E-state index contributed by atoms with van der Waals surface area (Å²) in [4.78, 5) is 21.5. The van der Waals surface area contributed by atoms with Gasteiger partial charge in [-0.3, -0.25) is 4.98 Å². The van der Waals surface area contributed by atoms with Gasteiger partial charge in [-0.05, 0) is 24.6 Å². The summed E-state index contributed by atoms with van der Waals surface area (Å²) in [6.07, 6.45) is 3.14. The molecule has 0 bridgehead atoms. The maximum absolute atomic E-state index is 12.9. The van der Waals surface area contributed by atoms with Crippen LogP contribution in [0.3, 0.4) is 0 Å². The Morgan fingerprint density at radius 2 is 1.96 bits per heavy atom. The molecule has 26 heavy (non-hydrogen) atoms. The number of esters is 1. The topological polar surface area (TPSA) is 81.9 Å². The molecule has 3 aromatic rings. The lowest BCUT2D eigenvalue weighted by molar-refractivity contribution is -0.140. The first-order chi connectivity index (χ1) is 12.7. The largest absolute Gasteiger partial charge is 0.457 e. The van der Waals surface area contributed by atoms with Gasteiger partial charge in [0.05, 0.1) is 11.3 Å². The number of aromatic nitrogens is 4. The molecule has 1 aliphatic heterocycles. The fourth-order valence-corrected chi connectivity index (χ4v) is 2.97. The average Bonchev–Trinajstić information content (AvgIpc) is 3.14. The number of ether oxygens (including phenoxy) is 1. The highest BCUT2D eigenvalue weighted by Gasteiger charge is 2.35. The van der Waals surface area contributed by atoms with E-state index in [0.29, 0.717) is 22.9 Å². The normalized spacial score (nSPS) is 16.0. The van der Waals surface area contributed by atoms with Crippen LogP contribution in [0.4, 0.5) is 5.95 Å². The molecule has 3 heterocycles. The second kappa shape index (κ2) is 6.79. The Labute approximate surface area is 150 Å². The van der Waals surface area contributed by atoms with Crippen LogP contribution in [0.1, 0.15) is 24.2 Å². The first kappa shape index (κ1) is 16.0. The first-order valence-electron chi connectivity index (χ1n) is 8.23. The number of anilines is 1. The number of hydrogen-bond acceptors (Lipinski definition) is 6. The third kappa shape index (κ3) is 2.95. The summed E-state index contributed by atoms with van der Waals surface area (Å²) in [5.74, 6) is 0.161. The Bertz CT molecular complexity index is 950. The van der Waals surface area contributed by atoms with E-state index < -0.39 is 12.0 Å². The van der Waals surface area contributed by atoms with Crippen molar-refractivity contribution < 1.29 is 9.53 Å². The molecule has 0 radical (unpaired) electrons. The average molecular weight is 347 g/mol. The Hall–Kier alpha value is -3.48. The predicted molar refractivity (Wildman–Crippen MR) is 95.0 cm³/mol. The van der Waals surface area contributed by atoms with E-state index >= 15 is 0 Å². The summed E-state index contributed by atoms with van der Waals surface area (Å²) in [5.41, 5.74) is 2.78. The lowest BCUT2D eigenvalue weighted by Crippen LogP contribution is -2.30. The molecule has 1 aromatic carbocycles. The highest BCUT2D eigenvalue weighted by atomic mass is 16.5. The highest BCUT2D eigenvalue weighted by molar-refractivity contribution is 5.92. The molecule has 4 rings (SSSR count). The summed E-state index contributed by atoms with van der Waals surface area (Å²) in [6, 6.07) is 14.7. The molecule has 7 heteroatoms. The summed E-state index contributed by atoms with van der Waals surface area (Å²) >= 11 is 0. The molecule has 0 aliphatic carbocycles. The van der Waals surface area contributed by atoms with Gasteiger partial charge in [0.2, 0.25) is 5.95 Å². The van der Waals surface area contributed by atoms with Crippen molar-refractivity contribution >= 4 is 11.9 Å². The maximum Gasteiger partial charge on any atom is 0.338 e. The van der Waals surface area contributed by atoms with Crippen molar-refractivity contribution in [2.75, 3.05) is 5.32 Å². The van der Waals surface area contributed by atoms with E-state index in [1.54, 1.807) is 10.9 Å². The van der Waals surface area contributed by atoms with Crippen molar-refractivity contribution in [2.24, 2.45) is 0 Å². The molecule has 0 fully saturated rings. The predicted octanol–water partition coefficient (Wildman–Crippen LogP) is 2.71. The van der Waals surface area contributed by atoms with Crippen molar-refractivity contribution in [3.8, 4) is 0 Å². The molecule has 0 saturated heterocycles. The van der Waals surface area contributed by atoms with Gasteiger partial charge in [0.1, 0.15) is 19.0 Å². The summed E-state index contributed by atoms with van der Waals surface area (Å²) in [5, 5.41) is 7.37. The van der Waals surface area contributed by atoms with Crippen LogP contribution >= 0.6 is 0 Å². The first-order valence-corrected chi connectivity index (χ1v) is 8.23. The summed E-state index contributed by atoms with van der Waals surface area (Å²) in [7, 11) is 0. The zero-order chi connectivity index (χ0) is 17.9. The van der Waals surface area contributed by atoms with Gasteiger partial charge in [0, 0.05) is 11.9 Å². The number of nitrogens with zero attached hydrogens (tertiary/aromatic N) is 4. The monoisotopic (exact) mass is 347 g/mol. The molecule has 1 N–H and O–H groups in total. The minimum Gasteiger partial charge on any atom is -0.457 e. The smallest absolute Gasteiger partial charge is 0.338 e. The molecule has 0 saturated carbocycles. The standard InChI is InChI=1S/C19H17N5O2/c1-13-16(18(25)26-11-14-7-3-2-4-8-14)17(15-9-5-6-10-20-15)24-19(23-13)21-12-22-24/h2-10,12,17H,11H2,1H3,(H,21,22,23)/t17-/m1/s1. The molecule has 0 amide bonds. The minimum absolute atomic E-state index is 0.204. The van der Waals surface area contributed by atoms with E-state index in [1.165, 1.54) is 6.33 Å². The zero-order valence-electron chi connectivity index (χ0n) is 14.2. The van der Waals surface area contributed by atoms with Crippen LogP contribution in [-0.4, -0.2) is 25.7 Å². The van der Waals surface area contributed by atoms with Crippen LogP contribution in [0, 0.1) is 0 Å². The second-order valence-electron chi connectivity index (χ2n) is 5.91. The Balaban J connectivity index is 1.67. The summed E-state index contributed by atoms with van der Waals surface area (Å²) < 4.78 is 7.20. The number of pyridine rings is 1. The number of fused-ring (bicyclic) bond motifs is 1. The van der Waals surface area contributed by atoms with Crippen molar-refractivity contribution in [2.45, 2.75) is 19.6 Å². The number of rotatable bonds is 4. The van der Waals surface area contributed by atoms with Gasteiger partial charge in [-0.15, -0.1) is 0 Å². The lowest BCUT2D eigenvalue weighted by atomic mass is 10.00. The number of allylic oxidation sites excluding steroid dienone is 1. The molecule has 130 valence electrons. The third-order valence-electron chi connectivity index (χ3n) is 4.19. The number of hydrogen-bond donors (Lipinski definition) is 1. The molecule has 0 unspecified atom stereocenters. The lowest BCUT2D eigenvalue weighted by Gasteiger charge is -2.27. The van der Waals surface area contributed by atoms with Gasteiger partial charge in [-0.1, -0.05) is 36.4 Å². The fourth-order valence-electron chi connectivity index (χ4n) is 2.97. The van der Waals surface area contributed by atoms with Crippen molar-refractivity contribution in [3.05, 3.63) is 83.6 Å². The quantitative estimate of drug-likeness (QED) is 0.731. The molecular weight excluding hydrogens is 330 g/mol. The fraction of sp³-hybridized carbons (Fsp3) is 0.158. The van der Waals surface area contributed by atoms with E-state index in [-0.39, 0.29) is 6.61 Å². The zero-order valence-corrected chi connectivity index (χ0v) is 14.2. The summed E-state index contributed by atoms with van der Waals surface area (Å²) in [6.45, 7) is 2.03. The molecule has 1 aliphatic rings. The van der Waals surface area contributed by atoms with Crippen LogP contribution in [-0.2, 0) is 16.1 Å². The van der Waals surface area contributed by atoms with Gasteiger partial charge in [-0.2, -0.15) is 10.1 Å². The van der Waals surface area contributed by atoms with Crippen LogP contribution in [0.2, 0.25) is 0 Å². The van der Waals surface area contributed by atoms with Gasteiger partial charge in [0.25, 0.3) is 0 Å². The van der Waals surface area contributed by atoms with Crippen LogP contribution in [0.15, 0.2) is 72.3 Å². The van der Waals surface area contributed by atoms with Crippen molar-refractivity contribution in [3.63, 3.8) is 0 Å². The maximum atomic E-state index is 12.9. The number of carbonyl (C=O) groups excluding carboxylic acids is 1. The van der Waals surface area contributed by atoms with Gasteiger partial charge in [0.15, 0.2) is 0 Å². The Morgan fingerprint density at radius 1 is 1.15 bits per heavy atom. The van der Waals surface area contributed by atoms with Crippen LogP contribution in [0.25, 0.3) is 0 Å². The Kier molecular flexibility index (Phi) is 4.18.